The van der Waals surface area contributed by atoms with Crippen LogP contribution in [-0.4, -0.2) is 37.2 Å². The van der Waals surface area contributed by atoms with Crippen molar-refractivity contribution in [2.45, 2.75) is 341 Å². The lowest BCUT2D eigenvalue weighted by molar-refractivity contribution is -0.167. The maximum Gasteiger partial charge on any atom is 0.306 e. The lowest BCUT2D eigenvalue weighted by Gasteiger charge is -2.18. The molecule has 0 heterocycles. The maximum atomic E-state index is 12.9. The third-order valence-electron chi connectivity index (χ3n) is 13.7. The molecule has 0 aliphatic heterocycles. The topological polar surface area (TPSA) is 78.9 Å². The second-order valence-corrected chi connectivity index (χ2v) is 20.6. The first-order chi connectivity index (χ1) is 33.5. The first kappa shape index (κ1) is 65.9. The summed E-state index contributed by atoms with van der Waals surface area (Å²) in [5.74, 6) is -0.847. The molecule has 0 aromatic heterocycles. The largest absolute Gasteiger partial charge is 0.462 e. The highest BCUT2D eigenvalue weighted by molar-refractivity contribution is 5.71. The fourth-order valence-corrected chi connectivity index (χ4v) is 9.12. The number of carbonyl (C=O) groups excluding carboxylic acids is 3. The van der Waals surface area contributed by atoms with Gasteiger partial charge in [-0.25, -0.2) is 0 Å². The van der Waals surface area contributed by atoms with E-state index in [0.29, 0.717) is 19.3 Å². The van der Waals surface area contributed by atoms with E-state index in [1.54, 1.807) is 0 Å². The quantitative estimate of drug-likeness (QED) is 0.0262. The van der Waals surface area contributed by atoms with Crippen LogP contribution in [0.3, 0.4) is 0 Å². The van der Waals surface area contributed by atoms with E-state index in [0.717, 1.165) is 64.2 Å². The van der Waals surface area contributed by atoms with Gasteiger partial charge in [-0.05, 0) is 51.4 Å². The summed E-state index contributed by atoms with van der Waals surface area (Å²) in [6.45, 7) is 6.67. The highest BCUT2D eigenvalue weighted by Gasteiger charge is 2.19. The van der Waals surface area contributed by atoms with Crippen LogP contribution in [-0.2, 0) is 28.6 Å². The predicted molar refractivity (Wildman–Crippen MR) is 293 cm³/mol. The Labute approximate surface area is 423 Å². The minimum atomic E-state index is -0.768. The monoisotopic (exact) mass is 957 g/mol. The third kappa shape index (κ3) is 54.8. The number of ether oxygens (including phenoxy) is 3. The molecular weight excluding hydrogens is 841 g/mol. The molecule has 0 saturated heterocycles. The number of rotatable bonds is 56. The Morgan fingerprint density at radius 2 is 0.529 bits per heavy atom. The SMILES string of the molecule is CCCCC/C=C\C/C=C\CCCCCCCCCCCC(=O)OC[C@H](COC(=O)CCCCCCCCCCCCCC)OC(=O)CCCCCCCCCCCCCCCCCCCCC. The standard InChI is InChI=1S/C62H116O6/c1-4-7-10-13-16-19-22-25-27-29-31-33-35-37-40-43-46-49-52-55-61(64)67-58-59(57-66-60(63)54-51-48-45-42-39-24-21-18-15-12-9-6-3)68-62(65)56-53-50-47-44-41-38-36-34-32-30-28-26-23-20-17-14-11-8-5-2/h16,19,25,27,59H,4-15,17-18,20-24,26,28-58H2,1-3H3/b19-16-,27-25-/t59-/m0/s1. The Balaban J connectivity index is 4.28. The Kier molecular flexibility index (Phi) is 55.7. The minimum absolute atomic E-state index is 0.0666. The van der Waals surface area contributed by atoms with Crippen molar-refractivity contribution in [3.63, 3.8) is 0 Å². The molecule has 0 aliphatic carbocycles. The van der Waals surface area contributed by atoms with Crippen LogP contribution >= 0.6 is 0 Å². The lowest BCUT2D eigenvalue weighted by atomic mass is 10.0. The van der Waals surface area contributed by atoms with Gasteiger partial charge < -0.3 is 14.2 Å². The van der Waals surface area contributed by atoms with Gasteiger partial charge in [-0.1, -0.05) is 289 Å². The molecule has 0 spiro atoms. The fraction of sp³-hybridized carbons (Fsp3) is 0.887. The zero-order valence-electron chi connectivity index (χ0n) is 45.9. The van der Waals surface area contributed by atoms with Gasteiger partial charge in [0.1, 0.15) is 13.2 Å². The van der Waals surface area contributed by atoms with Crippen molar-refractivity contribution >= 4 is 17.9 Å². The van der Waals surface area contributed by atoms with Gasteiger partial charge in [-0.15, -0.1) is 0 Å². The lowest BCUT2D eigenvalue weighted by Crippen LogP contribution is -2.30. The molecule has 68 heavy (non-hydrogen) atoms. The van der Waals surface area contributed by atoms with E-state index in [9.17, 15) is 14.4 Å². The average molecular weight is 958 g/mol. The summed E-state index contributed by atoms with van der Waals surface area (Å²) in [6, 6.07) is 0. The Hall–Kier alpha value is -2.11. The summed E-state index contributed by atoms with van der Waals surface area (Å²) in [4.78, 5) is 38.2. The minimum Gasteiger partial charge on any atom is -0.462 e. The van der Waals surface area contributed by atoms with Crippen LogP contribution in [0.15, 0.2) is 24.3 Å². The zero-order valence-corrected chi connectivity index (χ0v) is 45.9. The zero-order chi connectivity index (χ0) is 49.3. The van der Waals surface area contributed by atoms with Crippen LogP contribution < -0.4 is 0 Å². The Bertz CT molecular complexity index is 1100. The highest BCUT2D eigenvalue weighted by Crippen LogP contribution is 2.17. The van der Waals surface area contributed by atoms with Gasteiger partial charge >= 0.3 is 17.9 Å². The molecule has 0 unspecified atom stereocenters. The highest BCUT2D eigenvalue weighted by atomic mass is 16.6. The molecule has 400 valence electrons. The van der Waals surface area contributed by atoms with Crippen molar-refractivity contribution in [1.29, 1.82) is 0 Å². The summed E-state index contributed by atoms with van der Waals surface area (Å²) < 4.78 is 16.9. The normalized spacial score (nSPS) is 12.1. The Morgan fingerprint density at radius 1 is 0.294 bits per heavy atom. The molecule has 0 fully saturated rings. The second kappa shape index (κ2) is 57.5. The van der Waals surface area contributed by atoms with Crippen LogP contribution in [0.4, 0.5) is 0 Å². The summed E-state index contributed by atoms with van der Waals surface area (Å²) in [5.41, 5.74) is 0. The van der Waals surface area contributed by atoms with Crippen molar-refractivity contribution in [1.82, 2.24) is 0 Å². The second-order valence-electron chi connectivity index (χ2n) is 20.6. The predicted octanol–water partition coefficient (Wildman–Crippen LogP) is 20.3. The number of hydrogen-bond acceptors (Lipinski definition) is 6. The molecule has 1 atom stereocenters. The van der Waals surface area contributed by atoms with E-state index < -0.39 is 6.10 Å². The summed E-state index contributed by atoms with van der Waals surface area (Å²) >= 11 is 0. The summed E-state index contributed by atoms with van der Waals surface area (Å²) in [5, 5.41) is 0. The van der Waals surface area contributed by atoms with Crippen molar-refractivity contribution in [2.24, 2.45) is 0 Å². The van der Waals surface area contributed by atoms with Crippen molar-refractivity contribution < 1.29 is 28.6 Å². The molecule has 0 saturated carbocycles. The fourth-order valence-electron chi connectivity index (χ4n) is 9.12. The van der Waals surface area contributed by atoms with E-state index in [2.05, 4.69) is 45.1 Å². The molecule has 0 aromatic carbocycles. The van der Waals surface area contributed by atoms with Crippen molar-refractivity contribution in [2.75, 3.05) is 13.2 Å². The molecule has 0 aromatic rings. The van der Waals surface area contributed by atoms with Gasteiger partial charge in [0.15, 0.2) is 6.10 Å². The van der Waals surface area contributed by atoms with E-state index in [1.807, 2.05) is 0 Å². The van der Waals surface area contributed by atoms with Gasteiger partial charge in [0.05, 0.1) is 0 Å². The van der Waals surface area contributed by atoms with Crippen LogP contribution in [0.2, 0.25) is 0 Å². The molecule has 0 aliphatic rings. The molecule has 0 bridgehead atoms. The van der Waals surface area contributed by atoms with Crippen LogP contribution in [0, 0.1) is 0 Å². The van der Waals surface area contributed by atoms with E-state index >= 15 is 0 Å². The Morgan fingerprint density at radius 3 is 0.838 bits per heavy atom. The molecule has 0 N–H and O–H groups in total. The van der Waals surface area contributed by atoms with E-state index in [4.69, 9.17) is 14.2 Å². The molecule has 0 amide bonds. The molecular formula is C62H116O6. The summed E-state index contributed by atoms with van der Waals surface area (Å²) in [6.07, 6.45) is 67.4. The first-order valence-electron chi connectivity index (χ1n) is 30.3. The van der Waals surface area contributed by atoms with E-state index in [1.165, 1.54) is 231 Å². The number of esters is 3. The third-order valence-corrected chi connectivity index (χ3v) is 13.7. The van der Waals surface area contributed by atoms with Crippen molar-refractivity contribution in [3.8, 4) is 0 Å². The van der Waals surface area contributed by atoms with Crippen LogP contribution in [0.1, 0.15) is 335 Å². The van der Waals surface area contributed by atoms with Gasteiger partial charge in [0.25, 0.3) is 0 Å². The first-order valence-corrected chi connectivity index (χ1v) is 30.3. The van der Waals surface area contributed by atoms with E-state index in [-0.39, 0.29) is 31.1 Å². The number of carbonyl (C=O) groups is 3. The number of unbranched alkanes of at least 4 members (excludes halogenated alkanes) is 41. The van der Waals surface area contributed by atoms with Gasteiger partial charge in [0.2, 0.25) is 0 Å². The smallest absolute Gasteiger partial charge is 0.306 e. The molecule has 0 rings (SSSR count). The number of hydrogen-bond donors (Lipinski definition) is 0. The van der Waals surface area contributed by atoms with Crippen LogP contribution in [0.5, 0.6) is 0 Å². The van der Waals surface area contributed by atoms with Crippen LogP contribution in [0.25, 0.3) is 0 Å². The van der Waals surface area contributed by atoms with Crippen molar-refractivity contribution in [3.05, 3.63) is 24.3 Å². The molecule has 6 heteroatoms. The van der Waals surface area contributed by atoms with Gasteiger partial charge in [0, 0.05) is 19.3 Å². The number of allylic oxidation sites excluding steroid dienone is 4. The van der Waals surface area contributed by atoms with Gasteiger partial charge in [-0.2, -0.15) is 0 Å². The average Bonchev–Trinajstić information content (AvgIpc) is 3.34. The molecule has 6 nitrogen and oxygen atoms in total. The maximum absolute atomic E-state index is 12.9. The summed E-state index contributed by atoms with van der Waals surface area (Å²) in [7, 11) is 0. The van der Waals surface area contributed by atoms with Gasteiger partial charge in [-0.3, -0.25) is 14.4 Å². The molecule has 0 radical (unpaired) electrons.